The van der Waals surface area contributed by atoms with E-state index < -0.39 is 11.8 Å². The van der Waals surface area contributed by atoms with Crippen LogP contribution in [0.15, 0.2) is 18.2 Å². The second-order valence-corrected chi connectivity index (χ2v) is 4.40. The third kappa shape index (κ3) is 3.08. The Labute approximate surface area is 116 Å². The standard InChI is InChI=1S/C14H16O6/c1-18-13-10(12(15)14(16)17)3-2-4-11(13)20-9-5-7-19-8-6-9/h2-4,9H,5-8H2,1H3,(H,16,17). The van der Waals surface area contributed by atoms with Gasteiger partial charge in [0, 0.05) is 12.8 Å². The van der Waals surface area contributed by atoms with Gasteiger partial charge in [-0.15, -0.1) is 0 Å². The van der Waals surface area contributed by atoms with Crippen LogP contribution in [0.25, 0.3) is 0 Å². The predicted octanol–water partition coefficient (Wildman–Crippen LogP) is 1.52. The van der Waals surface area contributed by atoms with Gasteiger partial charge in [-0.05, 0) is 12.1 Å². The molecule has 1 aromatic rings. The van der Waals surface area contributed by atoms with E-state index in [9.17, 15) is 9.59 Å². The highest BCUT2D eigenvalue weighted by Crippen LogP contribution is 2.33. The molecule has 1 N–H and O–H groups in total. The topological polar surface area (TPSA) is 82.1 Å². The van der Waals surface area contributed by atoms with Crippen molar-refractivity contribution in [2.75, 3.05) is 20.3 Å². The van der Waals surface area contributed by atoms with Crippen LogP contribution in [0.4, 0.5) is 0 Å². The summed E-state index contributed by atoms with van der Waals surface area (Å²) in [5, 5.41) is 8.81. The van der Waals surface area contributed by atoms with E-state index in [-0.39, 0.29) is 17.4 Å². The van der Waals surface area contributed by atoms with Crippen molar-refractivity contribution in [3.8, 4) is 11.5 Å². The maximum absolute atomic E-state index is 11.6. The summed E-state index contributed by atoms with van der Waals surface area (Å²) in [6, 6.07) is 4.65. The van der Waals surface area contributed by atoms with E-state index in [1.807, 2.05) is 0 Å². The van der Waals surface area contributed by atoms with Crippen molar-refractivity contribution in [2.24, 2.45) is 0 Å². The SMILES string of the molecule is COc1c(OC2CCOCC2)cccc1C(=O)C(=O)O. The lowest BCUT2D eigenvalue weighted by atomic mass is 10.1. The average Bonchev–Trinajstić information content (AvgIpc) is 2.47. The molecule has 108 valence electrons. The number of carbonyl (C=O) groups excluding carboxylic acids is 1. The molecule has 1 aromatic carbocycles. The monoisotopic (exact) mass is 280 g/mol. The van der Waals surface area contributed by atoms with Crippen LogP contribution >= 0.6 is 0 Å². The molecular weight excluding hydrogens is 264 g/mol. The number of rotatable bonds is 5. The van der Waals surface area contributed by atoms with Gasteiger partial charge < -0.3 is 19.3 Å². The molecule has 20 heavy (non-hydrogen) atoms. The van der Waals surface area contributed by atoms with E-state index in [4.69, 9.17) is 19.3 Å². The highest BCUT2D eigenvalue weighted by molar-refractivity contribution is 6.40. The fraction of sp³-hybridized carbons (Fsp3) is 0.429. The first-order valence-electron chi connectivity index (χ1n) is 6.32. The lowest BCUT2D eigenvalue weighted by molar-refractivity contribution is -0.131. The fourth-order valence-corrected chi connectivity index (χ4v) is 2.09. The van der Waals surface area contributed by atoms with E-state index >= 15 is 0 Å². The second kappa shape index (κ2) is 6.38. The molecule has 0 aliphatic carbocycles. The number of hydrogen-bond donors (Lipinski definition) is 1. The van der Waals surface area contributed by atoms with Crippen LogP contribution in [-0.4, -0.2) is 43.3 Å². The molecule has 0 radical (unpaired) electrons. The number of aliphatic carboxylic acids is 1. The maximum Gasteiger partial charge on any atom is 0.377 e. The lowest BCUT2D eigenvalue weighted by Crippen LogP contribution is -2.26. The molecule has 0 atom stereocenters. The Bertz CT molecular complexity index is 504. The van der Waals surface area contributed by atoms with Crippen LogP contribution in [0.5, 0.6) is 11.5 Å². The minimum atomic E-state index is -1.52. The predicted molar refractivity (Wildman–Crippen MR) is 69.4 cm³/mol. The molecule has 0 saturated carbocycles. The molecule has 6 nitrogen and oxygen atoms in total. The molecular formula is C14H16O6. The van der Waals surface area contributed by atoms with Crippen molar-refractivity contribution in [2.45, 2.75) is 18.9 Å². The zero-order valence-electron chi connectivity index (χ0n) is 11.1. The smallest absolute Gasteiger partial charge is 0.377 e. The van der Waals surface area contributed by atoms with E-state index in [2.05, 4.69) is 0 Å². The van der Waals surface area contributed by atoms with E-state index in [0.29, 0.717) is 19.0 Å². The van der Waals surface area contributed by atoms with Crippen molar-refractivity contribution in [1.29, 1.82) is 0 Å². The van der Waals surface area contributed by atoms with E-state index in [1.165, 1.54) is 13.2 Å². The Morgan fingerprint density at radius 2 is 2.00 bits per heavy atom. The van der Waals surface area contributed by atoms with Gasteiger partial charge in [0.15, 0.2) is 11.5 Å². The number of para-hydroxylation sites is 1. The number of methoxy groups -OCH3 is 1. The first-order valence-corrected chi connectivity index (χ1v) is 6.32. The molecule has 1 aliphatic heterocycles. The quantitative estimate of drug-likeness (QED) is 0.650. The molecule has 2 rings (SSSR count). The molecule has 0 aromatic heterocycles. The number of carbonyl (C=O) groups is 2. The molecule has 1 heterocycles. The summed E-state index contributed by atoms with van der Waals surface area (Å²) in [4.78, 5) is 22.4. The number of benzene rings is 1. The third-order valence-electron chi connectivity index (χ3n) is 3.08. The molecule has 6 heteroatoms. The second-order valence-electron chi connectivity index (χ2n) is 4.40. The Hall–Kier alpha value is -2.08. The summed E-state index contributed by atoms with van der Waals surface area (Å²) in [7, 11) is 1.38. The van der Waals surface area contributed by atoms with Crippen LogP contribution in [0, 0.1) is 0 Å². The third-order valence-corrected chi connectivity index (χ3v) is 3.08. The summed E-state index contributed by atoms with van der Waals surface area (Å²) in [6.07, 6.45) is 1.48. The van der Waals surface area contributed by atoms with E-state index in [0.717, 1.165) is 12.8 Å². The zero-order chi connectivity index (χ0) is 14.5. The van der Waals surface area contributed by atoms with Crippen LogP contribution < -0.4 is 9.47 Å². The normalized spacial score (nSPS) is 15.7. The fourth-order valence-electron chi connectivity index (χ4n) is 2.09. The molecule has 0 amide bonds. The molecule has 1 saturated heterocycles. The van der Waals surface area contributed by atoms with Crippen molar-refractivity contribution >= 4 is 11.8 Å². The van der Waals surface area contributed by atoms with Crippen LogP contribution in [0.3, 0.4) is 0 Å². The summed E-state index contributed by atoms with van der Waals surface area (Å²) < 4.78 is 16.2. The number of Topliss-reactive ketones (excluding diaryl/α,β-unsaturated/α-hetero) is 1. The number of carboxylic acid groups (broad SMARTS) is 1. The van der Waals surface area contributed by atoms with Gasteiger partial charge in [-0.2, -0.15) is 0 Å². The molecule has 0 bridgehead atoms. The van der Waals surface area contributed by atoms with Gasteiger partial charge in [0.1, 0.15) is 6.10 Å². The van der Waals surface area contributed by atoms with Crippen molar-refractivity contribution < 1.29 is 28.9 Å². The average molecular weight is 280 g/mol. The summed E-state index contributed by atoms with van der Waals surface area (Å²) in [5.41, 5.74) is -0.00967. The minimum Gasteiger partial charge on any atom is -0.492 e. The Kier molecular flexibility index (Phi) is 4.57. The zero-order valence-corrected chi connectivity index (χ0v) is 11.1. The van der Waals surface area contributed by atoms with E-state index in [1.54, 1.807) is 12.1 Å². The Morgan fingerprint density at radius 1 is 1.30 bits per heavy atom. The number of hydrogen-bond acceptors (Lipinski definition) is 5. The van der Waals surface area contributed by atoms with Crippen LogP contribution in [0.2, 0.25) is 0 Å². The van der Waals surface area contributed by atoms with Crippen molar-refractivity contribution in [3.05, 3.63) is 23.8 Å². The maximum atomic E-state index is 11.6. The van der Waals surface area contributed by atoms with Crippen molar-refractivity contribution in [1.82, 2.24) is 0 Å². The molecule has 1 aliphatic rings. The molecule has 0 unspecified atom stereocenters. The van der Waals surface area contributed by atoms with Gasteiger partial charge >= 0.3 is 5.97 Å². The Balaban J connectivity index is 2.26. The Morgan fingerprint density at radius 3 is 2.60 bits per heavy atom. The van der Waals surface area contributed by atoms with Gasteiger partial charge in [0.2, 0.25) is 0 Å². The largest absolute Gasteiger partial charge is 0.492 e. The summed E-state index contributed by atoms with van der Waals surface area (Å²) in [6.45, 7) is 1.25. The number of ketones is 1. The van der Waals surface area contributed by atoms with Gasteiger partial charge in [0.05, 0.1) is 25.9 Å². The summed E-state index contributed by atoms with van der Waals surface area (Å²) in [5.74, 6) is -2.00. The highest BCUT2D eigenvalue weighted by atomic mass is 16.5. The van der Waals surface area contributed by atoms with Crippen LogP contribution in [-0.2, 0) is 9.53 Å². The summed E-state index contributed by atoms with van der Waals surface area (Å²) >= 11 is 0. The van der Waals surface area contributed by atoms with Crippen molar-refractivity contribution in [3.63, 3.8) is 0 Å². The van der Waals surface area contributed by atoms with Gasteiger partial charge in [0.25, 0.3) is 5.78 Å². The molecule has 1 fully saturated rings. The minimum absolute atomic E-state index is 0.00967. The first kappa shape index (κ1) is 14.3. The number of carboxylic acids is 1. The van der Waals surface area contributed by atoms with Gasteiger partial charge in [-0.1, -0.05) is 6.07 Å². The first-order chi connectivity index (χ1) is 9.63. The highest BCUT2D eigenvalue weighted by Gasteiger charge is 2.24. The van der Waals surface area contributed by atoms with Gasteiger partial charge in [-0.3, -0.25) is 4.79 Å². The lowest BCUT2D eigenvalue weighted by Gasteiger charge is -2.24. The number of ether oxygens (including phenoxy) is 3. The van der Waals surface area contributed by atoms with Crippen LogP contribution in [0.1, 0.15) is 23.2 Å². The van der Waals surface area contributed by atoms with Gasteiger partial charge in [-0.25, -0.2) is 4.79 Å². The molecule has 0 spiro atoms.